The minimum Gasteiger partial charge on any atom is -0.374 e. The summed E-state index contributed by atoms with van der Waals surface area (Å²) in [6.45, 7) is 1.11. The number of carbonyl (C=O) groups is 1. The molecule has 54 valence electrons. The molecule has 0 fully saturated rings. The number of unbranched alkanes of at least 4 members (excludes halogenated alkanes) is 1. The van der Waals surface area contributed by atoms with Crippen LogP contribution in [0.5, 0.6) is 0 Å². The Morgan fingerprint density at radius 2 is 2.33 bits per heavy atom. The van der Waals surface area contributed by atoms with Crippen molar-refractivity contribution in [3.05, 3.63) is 0 Å². The van der Waals surface area contributed by atoms with Gasteiger partial charge in [0.2, 0.25) is 0 Å². The highest BCUT2D eigenvalue weighted by Gasteiger charge is 1.84. The Hall–Kier alpha value is -0.0900. The summed E-state index contributed by atoms with van der Waals surface area (Å²) in [5.74, 6) is 0. The lowest BCUT2D eigenvalue weighted by atomic mass is 10.3. The van der Waals surface area contributed by atoms with E-state index >= 15 is 0 Å². The first-order valence-electron chi connectivity index (χ1n) is 2.80. The molecule has 0 radical (unpaired) electrons. The van der Waals surface area contributed by atoms with Gasteiger partial charge in [0.15, 0.2) is 0 Å². The van der Waals surface area contributed by atoms with E-state index in [1.165, 1.54) is 0 Å². The molecule has 0 saturated heterocycles. The van der Waals surface area contributed by atoms with Crippen LogP contribution in [0.2, 0.25) is 0 Å². The van der Waals surface area contributed by atoms with Crippen molar-refractivity contribution in [2.24, 2.45) is 0 Å². The fourth-order valence-electron chi connectivity index (χ4n) is 0.385. The molecular weight excluding hydrogens is 186 g/mol. The average Bonchev–Trinajstić information content (AvgIpc) is 1.89. The van der Waals surface area contributed by atoms with Gasteiger partial charge in [-0.2, -0.15) is 5.48 Å². The minimum atomic E-state index is 0.383. The van der Waals surface area contributed by atoms with Crippen LogP contribution in [0.1, 0.15) is 12.8 Å². The summed E-state index contributed by atoms with van der Waals surface area (Å²) in [7, 11) is 0. The summed E-state index contributed by atoms with van der Waals surface area (Å²) >= 11 is 3.28. The van der Waals surface area contributed by atoms with Crippen molar-refractivity contribution in [1.29, 1.82) is 0 Å². The molecule has 1 N–H and O–H groups in total. The van der Waals surface area contributed by atoms with Gasteiger partial charge in [0, 0.05) is 11.9 Å². The van der Waals surface area contributed by atoms with Crippen molar-refractivity contribution in [3.8, 4) is 0 Å². The topological polar surface area (TPSA) is 38.3 Å². The Morgan fingerprint density at radius 3 is 2.89 bits per heavy atom. The molecule has 0 atom stereocenters. The molecule has 0 aliphatic rings. The molecule has 9 heavy (non-hydrogen) atoms. The van der Waals surface area contributed by atoms with Crippen LogP contribution >= 0.6 is 15.9 Å². The van der Waals surface area contributed by atoms with E-state index in [2.05, 4.69) is 26.2 Å². The molecule has 0 unspecified atom stereocenters. The van der Waals surface area contributed by atoms with Crippen molar-refractivity contribution in [3.63, 3.8) is 0 Å². The SMILES string of the molecule is O=CONCCCCBr. The van der Waals surface area contributed by atoms with Crippen LogP contribution in [0, 0.1) is 0 Å². The number of hydrogen-bond donors (Lipinski definition) is 1. The lowest BCUT2D eigenvalue weighted by Crippen LogP contribution is -2.14. The van der Waals surface area contributed by atoms with Gasteiger partial charge in [0.25, 0.3) is 0 Å². The number of nitrogens with one attached hydrogen (secondary N) is 1. The summed E-state index contributed by atoms with van der Waals surface area (Å²) in [6.07, 6.45) is 2.11. The number of carbonyl (C=O) groups excluding carboxylic acids is 1. The van der Waals surface area contributed by atoms with Crippen LogP contribution in [-0.2, 0) is 9.63 Å². The van der Waals surface area contributed by atoms with Crippen LogP contribution in [0.4, 0.5) is 0 Å². The molecule has 0 aromatic carbocycles. The Bertz CT molecular complexity index is 70.0. The molecule has 0 aromatic rings. The lowest BCUT2D eigenvalue weighted by Gasteiger charge is -1.97. The summed E-state index contributed by atoms with van der Waals surface area (Å²) in [5, 5.41) is 0.996. The van der Waals surface area contributed by atoms with Gasteiger partial charge in [-0.25, -0.2) is 0 Å². The molecule has 0 rings (SSSR count). The maximum Gasteiger partial charge on any atom is 0.312 e. The van der Waals surface area contributed by atoms with Crippen molar-refractivity contribution in [2.45, 2.75) is 12.8 Å². The van der Waals surface area contributed by atoms with E-state index in [9.17, 15) is 4.79 Å². The minimum absolute atomic E-state index is 0.383. The molecule has 0 heterocycles. The number of rotatable bonds is 6. The Labute approximate surface area is 62.8 Å². The summed E-state index contributed by atoms with van der Waals surface area (Å²) in [5.41, 5.74) is 2.48. The van der Waals surface area contributed by atoms with E-state index in [0.29, 0.717) is 6.47 Å². The van der Waals surface area contributed by atoms with Gasteiger partial charge >= 0.3 is 6.47 Å². The van der Waals surface area contributed by atoms with Crippen molar-refractivity contribution < 1.29 is 9.63 Å². The highest BCUT2D eigenvalue weighted by Crippen LogP contribution is 1.90. The van der Waals surface area contributed by atoms with Crippen LogP contribution in [0.25, 0.3) is 0 Å². The maximum absolute atomic E-state index is 9.54. The monoisotopic (exact) mass is 195 g/mol. The molecule has 4 heteroatoms. The fourth-order valence-corrected chi connectivity index (χ4v) is 0.781. The number of halogens is 1. The molecule has 0 spiro atoms. The molecule has 0 aliphatic carbocycles. The lowest BCUT2D eigenvalue weighted by molar-refractivity contribution is -0.135. The van der Waals surface area contributed by atoms with Gasteiger partial charge in [-0.15, -0.1) is 0 Å². The second kappa shape index (κ2) is 7.91. The van der Waals surface area contributed by atoms with Gasteiger partial charge in [-0.1, -0.05) is 15.9 Å². The van der Waals surface area contributed by atoms with Crippen molar-refractivity contribution >= 4 is 22.4 Å². The normalized spacial score (nSPS) is 9.00. The molecule has 0 aliphatic heterocycles. The highest BCUT2D eigenvalue weighted by molar-refractivity contribution is 9.09. The standard InChI is InChI=1S/C5H10BrNO2/c6-3-1-2-4-7-9-5-8/h5,7H,1-4H2. The van der Waals surface area contributed by atoms with E-state index in [0.717, 1.165) is 24.7 Å². The van der Waals surface area contributed by atoms with E-state index in [1.54, 1.807) is 0 Å². The first kappa shape index (κ1) is 8.91. The zero-order valence-corrected chi connectivity index (χ0v) is 6.69. The average molecular weight is 196 g/mol. The third-order valence-corrected chi connectivity index (χ3v) is 1.35. The quantitative estimate of drug-likeness (QED) is 0.296. The summed E-state index contributed by atoms with van der Waals surface area (Å²) in [6, 6.07) is 0. The largest absolute Gasteiger partial charge is 0.374 e. The predicted octanol–water partition coefficient (Wildman–Crippen LogP) is 0.839. The van der Waals surface area contributed by atoms with Gasteiger partial charge in [-0.3, -0.25) is 4.79 Å². The van der Waals surface area contributed by atoms with E-state index in [-0.39, 0.29) is 0 Å². The molecular formula is C5H10BrNO2. The van der Waals surface area contributed by atoms with Crippen LogP contribution in [-0.4, -0.2) is 18.3 Å². The Kier molecular flexibility index (Phi) is 7.83. The third-order valence-electron chi connectivity index (χ3n) is 0.794. The summed E-state index contributed by atoms with van der Waals surface area (Å²) < 4.78 is 0. The van der Waals surface area contributed by atoms with Crippen LogP contribution in [0.3, 0.4) is 0 Å². The van der Waals surface area contributed by atoms with Crippen molar-refractivity contribution in [1.82, 2.24) is 5.48 Å². The van der Waals surface area contributed by atoms with Crippen molar-refractivity contribution in [2.75, 3.05) is 11.9 Å². The van der Waals surface area contributed by atoms with Gasteiger partial charge < -0.3 is 4.84 Å². The second-order valence-electron chi connectivity index (χ2n) is 1.50. The fraction of sp³-hybridized carbons (Fsp3) is 0.800. The first-order valence-corrected chi connectivity index (χ1v) is 3.92. The van der Waals surface area contributed by atoms with Gasteiger partial charge in [0.1, 0.15) is 0 Å². The maximum atomic E-state index is 9.54. The first-order chi connectivity index (χ1) is 4.41. The Balaban J connectivity index is 2.66. The molecule has 3 nitrogen and oxygen atoms in total. The molecule has 0 saturated carbocycles. The zero-order chi connectivity index (χ0) is 6.95. The summed E-state index contributed by atoms with van der Waals surface area (Å²) in [4.78, 5) is 13.8. The second-order valence-corrected chi connectivity index (χ2v) is 2.30. The third kappa shape index (κ3) is 7.91. The number of hydroxylamine groups is 1. The zero-order valence-electron chi connectivity index (χ0n) is 5.10. The molecule has 0 aromatic heterocycles. The van der Waals surface area contributed by atoms with E-state index in [4.69, 9.17) is 0 Å². The predicted molar refractivity (Wildman–Crippen MR) is 38.2 cm³/mol. The number of alkyl halides is 1. The highest BCUT2D eigenvalue weighted by atomic mass is 79.9. The molecule has 0 amide bonds. The van der Waals surface area contributed by atoms with Gasteiger partial charge in [-0.05, 0) is 12.8 Å². The Morgan fingerprint density at radius 1 is 1.56 bits per heavy atom. The molecule has 0 bridgehead atoms. The van der Waals surface area contributed by atoms with Crippen LogP contribution in [0.15, 0.2) is 0 Å². The van der Waals surface area contributed by atoms with E-state index < -0.39 is 0 Å². The van der Waals surface area contributed by atoms with E-state index in [1.807, 2.05) is 0 Å². The van der Waals surface area contributed by atoms with Crippen LogP contribution < -0.4 is 5.48 Å². The number of hydrogen-bond acceptors (Lipinski definition) is 3. The smallest absolute Gasteiger partial charge is 0.312 e. The van der Waals surface area contributed by atoms with Gasteiger partial charge in [0.05, 0.1) is 0 Å².